The zero-order valence-corrected chi connectivity index (χ0v) is 18.6. The molecular weight excluding hydrogens is 442 g/mol. The van der Waals surface area contributed by atoms with E-state index in [1.54, 1.807) is 48.0 Å². The van der Waals surface area contributed by atoms with Gasteiger partial charge in [0.05, 0.1) is 19.9 Å². The molecule has 1 aliphatic heterocycles. The summed E-state index contributed by atoms with van der Waals surface area (Å²) in [5.74, 6) is -1.92. The Balaban J connectivity index is 1.73. The summed E-state index contributed by atoms with van der Waals surface area (Å²) in [5, 5.41) is 12.2. The molecule has 0 aliphatic carbocycles. The first-order valence-electron chi connectivity index (χ1n) is 10.2. The van der Waals surface area contributed by atoms with E-state index < -0.39 is 29.9 Å². The summed E-state index contributed by atoms with van der Waals surface area (Å²) in [6.45, 7) is 1.57. The topological polar surface area (TPSA) is 127 Å². The number of carbonyl (C=O) groups excluding carboxylic acids is 3. The molecule has 1 fully saturated rings. The average Bonchev–Trinajstić information content (AvgIpc) is 3.24. The van der Waals surface area contributed by atoms with Crippen molar-refractivity contribution < 1.29 is 33.8 Å². The monoisotopic (exact) mass is 463 g/mol. The summed E-state index contributed by atoms with van der Waals surface area (Å²) < 4.78 is 12.1. The molecule has 10 heteroatoms. The molecule has 1 aromatic heterocycles. The fraction of sp³-hybridized carbons (Fsp3) is 0.167. The van der Waals surface area contributed by atoms with Crippen LogP contribution < -0.4 is 19.7 Å². The SMILES string of the molecule is COc1ccc(N2C(=O)NC(=O)/C(=C\c3ccc4c(ccn4[C@H](C)C(=O)O)c3)C2=O)c(OC)c1. The van der Waals surface area contributed by atoms with Gasteiger partial charge < -0.3 is 19.1 Å². The lowest BCUT2D eigenvalue weighted by Gasteiger charge is -2.27. The molecule has 1 saturated heterocycles. The Bertz CT molecular complexity index is 1370. The van der Waals surface area contributed by atoms with Gasteiger partial charge in [-0.1, -0.05) is 6.07 Å². The highest BCUT2D eigenvalue weighted by Gasteiger charge is 2.38. The Morgan fingerprint density at radius 3 is 2.50 bits per heavy atom. The number of fused-ring (bicyclic) bond motifs is 1. The van der Waals surface area contributed by atoms with Gasteiger partial charge in [0.15, 0.2) is 0 Å². The van der Waals surface area contributed by atoms with Crippen molar-refractivity contribution in [2.24, 2.45) is 0 Å². The lowest BCUT2D eigenvalue weighted by molar-refractivity contribution is -0.140. The molecule has 0 spiro atoms. The van der Waals surface area contributed by atoms with Crippen molar-refractivity contribution in [1.29, 1.82) is 0 Å². The summed E-state index contributed by atoms with van der Waals surface area (Å²) >= 11 is 0. The number of aliphatic carboxylic acids is 1. The number of anilines is 1. The summed E-state index contributed by atoms with van der Waals surface area (Å²) in [4.78, 5) is 50.4. The predicted molar refractivity (Wildman–Crippen MR) is 123 cm³/mol. The van der Waals surface area contributed by atoms with Gasteiger partial charge in [-0.05, 0) is 48.9 Å². The van der Waals surface area contributed by atoms with Crippen LogP contribution in [0.1, 0.15) is 18.5 Å². The van der Waals surface area contributed by atoms with Crippen LogP contribution >= 0.6 is 0 Å². The van der Waals surface area contributed by atoms with Gasteiger partial charge in [0.1, 0.15) is 23.1 Å². The molecule has 2 aromatic carbocycles. The molecule has 0 radical (unpaired) electrons. The Morgan fingerprint density at radius 1 is 1.06 bits per heavy atom. The van der Waals surface area contributed by atoms with Gasteiger partial charge in [0, 0.05) is 23.2 Å². The molecule has 10 nitrogen and oxygen atoms in total. The van der Waals surface area contributed by atoms with Gasteiger partial charge in [0.25, 0.3) is 11.8 Å². The summed E-state index contributed by atoms with van der Waals surface area (Å²) in [6.07, 6.45) is 3.04. The zero-order chi connectivity index (χ0) is 24.6. The predicted octanol–water partition coefficient (Wildman–Crippen LogP) is 2.97. The van der Waals surface area contributed by atoms with Gasteiger partial charge in [-0.2, -0.15) is 0 Å². The van der Waals surface area contributed by atoms with E-state index in [2.05, 4.69) is 5.32 Å². The van der Waals surface area contributed by atoms with Crippen molar-refractivity contribution in [3.05, 3.63) is 59.8 Å². The summed E-state index contributed by atoms with van der Waals surface area (Å²) in [5.41, 5.74) is 1.13. The Kier molecular flexibility index (Phi) is 5.80. The van der Waals surface area contributed by atoms with Crippen LogP contribution in [0.4, 0.5) is 10.5 Å². The molecule has 2 N–H and O–H groups in total. The van der Waals surface area contributed by atoms with E-state index in [9.17, 15) is 24.3 Å². The lowest BCUT2D eigenvalue weighted by Crippen LogP contribution is -2.54. The van der Waals surface area contributed by atoms with Crippen LogP contribution in [0.15, 0.2) is 54.2 Å². The number of urea groups is 1. The smallest absolute Gasteiger partial charge is 0.336 e. The molecule has 3 aromatic rings. The van der Waals surface area contributed by atoms with Gasteiger partial charge in [-0.15, -0.1) is 0 Å². The van der Waals surface area contributed by atoms with Gasteiger partial charge in [-0.3, -0.25) is 14.9 Å². The number of aromatic nitrogens is 1. The molecule has 4 amide bonds. The zero-order valence-electron chi connectivity index (χ0n) is 18.6. The van der Waals surface area contributed by atoms with E-state index in [1.165, 1.54) is 32.4 Å². The number of carbonyl (C=O) groups is 4. The highest BCUT2D eigenvalue weighted by molar-refractivity contribution is 6.39. The van der Waals surface area contributed by atoms with Crippen molar-refractivity contribution in [3.8, 4) is 11.5 Å². The third-order valence-electron chi connectivity index (χ3n) is 5.56. The van der Waals surface area contributed by atoms with Crippen LogP contribution in [0.2, 0.25) is 0 Å². The van der Waals surface area contributed by atoms with Crippen molar-refractivity contribution >= 4 is 46.5 Å². The number of carboxylic acids is 1. The number of rotatable bonds is 6. The van der Waals surface area contributed by atoms with Crippen LogP contribution in [0.5, 0.6) is 11.5 Å². The van der Waals surface area contributed by atoms with Crippen LogP contribution in [-0.4, -0.2) is 47.7 Å². The number of amides is 4. The Morgan fingerprint density at radius 2 is 1.82 bits per heavy atom. The molecule has 34 heavy (non-hydrogen) atoms. The Labute approximate surface area is 194 Å². The standard InChI is InChI=1S/C24H21N3O7/c1-13(23(30)31)26-9-8-15-10-14(4-6-18(15)26)11-17-21(28)25-24(32)27(22(17)29)19-7-5-16(33-2)12-20(19)34-3/h4-13H,1-3H3,(H,30,31)(H,25,28,32)/b17-11+/t13-/m1/s1. The first kappa shape index (κ1) is 22.6. The number of benzene rings is 2. The van der Waals surface area contributed by atoms with Crippen LogP contribution in [-0.2, 0) is 14.4 Å². The van der Waals surface area contributed by atoms with Crippen molar-refractivity contribution in [3.63, 3.8) is 0 Å². The third-order valence-corrected chi connectivity index (χ3v) is 5.56. The maximum absolute atomic E-state index is 13.2. The highest BCUT2D eigenvalue weighted by atomic mass is 16.5. The van der Waals surface area contributed by atoms with Crippen molar-refractivity contribution in [2.45, 2.75) is 13.0 Å². The first-order valence-corrected chi connectivity index (χ1v) is 10.2. The quantitative estimate of drug-likeness (QED) is 0.425. The number of carboxylic acid groups (broad SMARTS) is 1. The van der Waals surface area contributed by atoms with E-state index in [0.717, 1.165) is 10.3 Å². The fourth-order valence-corrected chi connectivity index (χ4v) is 3.74. The Hall–Kier alpha value is -4.60. The van der Waals surface area contributed by atoms with Gasteiger partial charge in [-0.25, -0.2) is 14.5 Å². The summed E-state index contributed by atoms with van der Waals surface area (Å²) in [7, 11) is 2.86. The lowest BCUT2D eigenvalue weighted by atomic mass is 10.1. The maximum Gasteiger partial charge on any atom is 0.336 e. The largest absolute Gasteiger partial charge is 0.497 e. The third kappa shape index (κ3) is 3.85. The molecule has 1 atom stereocenters. The number of nitrogens with zero attached hydrogens (tertiary/aromatic N) is 2. The number of ether oxygens (including phenoxy) is 2. The number of hydrogen-bond acceptors (Lipinski definition) is 6. The second kappa shape index (κ2) is 8.74. The molecule has 0 bridgehead atoms. The normalized spacial score (nSPS) is 16.0. The molecule has 1 aliphatic rings. The van der Waals surface area contributed by atoms with Gasteiger partial charge >= 0.3 is 12.0 Å². The minimum absolute atomic E-state index is 0.152. The highest BCUT2D eigenvalue weighted by Crippen LogP contribution is 2.34. The second-order valence-corrected chi connectivity index (χ2v) is 7.55. The average molecular weight is 463 g/mol. The summed E-state index contributed by atoms with van der Waals surface area (Å²) in [6, 6.07) is 9.76. The molecule has 0 saturated carbocycles. The molecule has 4 rings (SSSR count). The maximum atomic E-state index is 13.2. The van der Waals surface area contributed by atoms with E-state index in [4.69, 9.17) is 9.47 Å². The van der Waals surface area contributed by atoms with E-state index >= 15 is 0 Å². The van der Waals surface area contributed by atoms with E-state index in [-0.39, 0.29) is 17.0 Å². The number of nitrogens with one attached hydrogen (secondary N) is 1. The van der Waals surface area contributed by atoms with Gasteiger partial charge in [0.2, 0.25) is 0 Å². The number of imide groups is 2. The van der Waals surface area contributed by atoms with E-state index in [0.29, 0.717) is 16.8 Å². The first-order chi connectivity index (χ1) is 16.2. The molecule has 2 heterocycles. The number of methoxy groups -OCH3 is 2. The minimum Gasteiger partial charge on any atom is -0.497 e. The van der Waals surface area contributed by atoms with Crippen molar-refractivity contribution in [1.82, 2.24) is 9.88 Å². The number of barbiturate groups is 1. The van der Waals surface area contributed by atoms with Crippen LogP contribution in [0.25, 0.3) is 17.0 Å². The molecule has 174 valence electrons. The fourth-order valence-electron chi connectivity index (χ4n) is 3.74. The molecular formula is C24H21N3O7. The minimum atomic E-state index is -0.966. The van der Waals surface area contributed by atoms with Crippen LogP contribution in [0.3, 0.4) is 0 Å². The molecule has 0 unspecified atom stereocenters. The second-order valence-electron chi connectivity index (χ2n) is 7.55. The van der Waals surface area contributed by atoms with E-state index in [1.807, 2.05) is 0 Å². The van der Waals surface area contributed by atoms with Crippen LogP contribution in [0, 0.1) is 0 Å². The van der Waals surface area contributed by atoms with Crippen molar-refractivity contribution in [2.75, 3.05) is 19.1 Å². The number of hydrogen-bond donors (Lipinski definition) is 2.